The predicted molar refractivity (Wildman–Crippen MR) is 133 cm³/mol. The zero-order valence-electron chi connectivity index (χ0n) is 19.2. The Kier molecular flexibility index (Phi) is 6.24. The van der Waals surface area contributed by atoms with Crippen molar-refractivity contribution in [2.45, 2.75) is 12.5 Å². The highest BCUT2D eigenvalue weighted by Gasteiger charge is 2.43. The van der Waals surface area contributed by atoms with Crippen molar-refractivity contribution < 1.29 is 23.9 Å². The molecule has 0 bridgehead atoms. The SMILES string of the molecule is O=C(c1ccccc1)c1ccc(OC(=O)C(Cc2ccccc2)N2C(=O)c3ccccc3C2=O)cc1. The topological polar surface area (TPSA) is 80.8 Å². The van der Waals surface area contributed by atoms with Crippen molar-refractivity contribution in [1.29, 1.82) is 0 Å². The highest BCUT2D eigenvalue weighted by atomic mass is 16.5. The molecule has 6 nitrogen and oxygen atoms in total. The molecule has 1 aliphatic rings. The van der Waals surface area contributed by atoms with Crippen LogP contribution in [0.25, 0.3) is 0 Å². The maximum atomic E-state index is 13.4. The zero-order valence-corrected chi connectivity index (χ0v) is 19.2. The van der Waals surface area contributed by atoms with Gasteiger partial charge in [0.05, 0.1) is 11.1 Å². The molecule has 0 spiro atoms. The molecule has 6 heteroatoms. The van der Waals surface area contributed by atoms with E-state index in [2.05, 4.69) is 0 Å². The van der Waals surface area contributed by atoms with Gasteiger partial charge in [-0.15, -0.1) is 0 Å². The summed E-state index contributed by atoms with van der Waals surface area (Å²) in [5, 5.41) is 0. The van der Waals surface area contributed by atoms with Gasteiger partial charge in [0.15, 0.2) is 5.78 Å². The van der Waals surface area contributed by atoms with Crippen LogP contribution in [0, 0.1) is 0 Å². The van der Waals surface area contributed by atoms with Crippen LogP contribution in [-0.4, -0.2) is 34.5 Å². The van der Waals surface area contributed by atoms with E-state index >= 15 is 0 Å². The number of carbonyl (C=O) groups is 4. The van der Waals surface area contributed by atoms with Gasteiger partial charge in [0.25, 0.3) is 11.8 Å². The van der Waals surface area contributed by atoms with Crippen LogP contribution in [0.2, 0.25) is 0 Å². The molecule has 0 radical (unpaired) electrons. The van der Waals surface area contributed by atoms with E-state index in [0.29, 0.717) is 11.1 Å². The number of amides is 2. The Balaban J connectivity index is 1.39. The third-order valence-electron chi connectivity index (χ3n) is 6.05. The Morgan fingerprint density at radius 2 is 1.14 bits per heavy atom. The van der Waals surface area contributed by atoms with Gasteiger partial charge in [-0.3, -0.25) is 19.3 Å². The average Bonchev–Trinajstić information content (AvgIpc) is 3.18. The van der Waals surface area contributed by atoms with Crippen molar-refractivity contribution >= 4 is 23.6 Å². The van der Waals surface area contributed by atoms with Crippen molar-refractivity contribution in [3.63, 3.8) is 0 Å². The molecule has 0 fully saturated rings. The number of esters is 1. The van der Waals surface area contributed by atoms with Crippen LogP contribution in [0.15, 0.2) is 109 Å². The van der Waals surface area contributed by atoms with Crippen LogP contribution in [0.3, 0.4) is 0 Å². The summed E-state index contributed by atoms with van der Waals surface area (Å²) < 4.78 is 5.60. The Bertz CT molecular complexity index is 1410. The number of fused-ring (bicyclic) bond motifs is 1. The normalized spacial score (nSPS) is 13.3. The van der Waals surface area contributed by atoms with Crippen LogP contribution in [-0.2, 0) is 11.2 Å². The number of nitrogens with zero attached hydrogens (tertiary/aromatic N) is 1. The number of rotatable bonds is 7. The van der Waals surface area contributed by atoms with E-state index in [4.69, 9.17) is 4.74 Å². The molecule has 4 aromatic carbocycles. The molecule has 0 saturated heterocycles. The molecular formula is C30H21NO5. The molecule has 1 unspecified atom stereocenters. The number of ether oxygens (including phenoxy) is 1. The Morgan fingerprint density at radius 1 is 0.639 bits per heavy atom. The minimum Gasteiger partial charge on any atom is -0.425 e. The third-order valence-corrected chi connectivity index (χ3v) is 6.05. The number of imide groups is 1. The molecule has 0 aliphatic carbocycles. The summed E-state index contributed by atoms with van der Waals surface area (Å²) in [6.45, 7) is 0. The minimum absolute atomic E-state index is 0.107. The van der Waals surface area contributed by atoms with Crippen molar-refractivity contribution in [2.24, 2.45) is 0 Å². The van der Waals surface area contributed by atoms with Gasteiger partial charge in [0.1, 0.15) is 11.8 Å². The molecule has 2 amide bonds. The van der Waals surface area contributed by atoms with E-state index in [1.807, 2.05) is 36.4 Å². The monoisotopic (exact) mass is 475 g/mol. The fourth-order valence-electron chi connectivity index (χ4n) is 4.22. The fraction of sp³-hybridized carbons (Fsp3) is 0.0667. The highest BCUT2D eigenvalue weighted by Crippen LogP contribution is 2.27. The summed E-state index contributed by atoms with van der Waals surface area (Å²) >= 11 is 0. The number of hydrogen-bond acceptors (Lipinski definition) is 5. The maximum absolute atomic E-state index is 13.4. The van der Waals surface area contributed by atoms with Gasteiger partial charge in [-0.2, -0.15) is 0 Å². The first-order valence-electron chi connectivity index (χ1n) is 11.5. The molecule has 176 valence electrons. The molecule has 0 aromatic heterocycles. The Morgan fingerprint density at radius 3 is 1.72 bits per heavy atom. The standard InChI is InChI=1S/C30H21NO5/c32-27(21-11-5-2-6-12-21)22-15-17-23(18-16-22)36-30(35)26(19-20-9-3-1-4-10-20)31-28(33)24-13-7-8-14-25(24)29(31)34/h1-18,26H,19H2. The summed E-state index contributed by atoms with van der Waals surface area (Å²) in [5.74, 6) is -1.74. The number of ketones is 1. The van der Waals surface area contributed by atoms with E-state index in [1.165, 1.54) is 12.1 Å². The zero-order chi connectivity index (χ0) is 25.1. The van der Waals surface area contributed by atoms with E-state index in [0.717, 1.165) is 10.5 Å². The number of benzene rings is 4. The van der Waals surface area contributed by atoms with Crippen molar-refractivity contribution in [2.75, 3.05) is 0 Å². The van der Waals surface area contributed by atoms with E-state index in [1.54, 1.807) is 60.7 Å². The fourth-order valence-corrected chi connectivity index (χ4v) is 4.22. The molecule has 1 aliphatic heterocycles. The van der Waals surface area contributed by atoms with Gasteiger partial charge in [0, 0.05) is 17.5 Å². The molecule has 36 heavy (non-hydrogen) atoms. The van der Waals surface area contributed by atoms with Crippen molar-refractivity contribution in [3.05, 3.63) is 137 Å². The van der Waals surface area contributed by atoms with E-state index < -0.39 is 23.8 Å². The molecule has 5 rings (SSSR count). The lowest BCUT2D eigenvalue weighted by Gasteiger charge is -2.24. The molecule has 0 N–H and O–H groups in total. The van der Waals surface area contributed by atoms with Gasteiger partial charge in [-0.05, 0) is 42.0 Å². The quantitative estimate of drug-likeness (QED) is 0.167. The lowest BCUT2D eigenvalue weighted by molar-refractivity contribution is -0.138. The highest BCUT2D eigenvalue weighted by molar-refractivity contribution is 6.22. The largest absolute Gasteiger partial charge is 0.425 e. The second kappa shape index (κ2) is 9.80. The molecular weight excluding hydrogens is 454 g/mol. The Hall–Kier alpha value is -4.84. The maximum Gasteiger partial charge on any atom is 0.335 e. The van der Waals surface area contributed by atoms with E-state index in [-0.39, 0.29) is 29.1 Å². The third kappa shape index (κ3) is 4.44. The lowest BCUT2D eigenvalue weighted by atomic mass is 10.0. The van der Waals surface area contributed by atoms with Crippen LogP contribution >= 0.6 is 0 Å². The van der Waals surface area contributed by atoms with Crippen LogP contribution in [0.4, 0.5) is 0 Å². The average molecular weight is 476 g/mol. The van der Waals surface area contributed by atoms with Crippen LogP contribution in [0.1, 0.15) is 42.2 Å². The summed E-state index contributed by atoms with van der Waals surface area (Å²) in [5.41, 5.74) is 2.30. The van der Waals surface area contributed by atoms with Gasteiger partial charge in [-0.1, -0.05) is 72.8 Å². The van der Waals surface area contributed by atoms with Gasteiger partial charge in [0.2, 0.25) is 0 Å². The summed E-state index contributed by atoms with van der Waals surface area (Å²) in [6, 6.07) is 29.5. The molecule has 4 aromatic rings. The smallest absolute Gasteiger partial charge is 0.335 e. The first-order chi connectivity index (χ1) is 17.5. The summed E-state index contributed by atoms with van der Waals surface area (Å²) in [6.07, 6.45) is 0.107. The first kappa shape index (κ1) is 22.9. The van der Waals surface area contributed by atoms with Gasteiger partial charge < -0.3 is 4.74 Å². The van der Waals surface area contributed by atoms with Crippen molar-refractivity contribution in [1.82, 2.24) is 4.90 Å². The predicted octanol–water partition coefficient (Wildman–Crippen LogP) is 4.73. The lowest BCUT2D eigenvalue weighted by Crippen LogP contribution is -2.48. The van der Waals surface area contributed by atoms with Crippen molar-refractivity contribution in [3.8, 4) is 5.75 Å². The minimum atomic E-state index is -1.16. The van der Waals surface area contributed by atoms with E-state index in [9.17, 15) is 19.2 Å². The summed E-state index contributed by atoms with van der Waals surface area (Å²) in [4.78, 5) is 53.2. The van der Waals surface area contributed by atoms with Crippen LogP contribution in [0.5, 0.6) is 5.75 Å². The second-order valence-corrected chi connectivity index (χ2v) is 8.37. The Labute approximate surface area is 207 Å². The van der Waals surface area contributed by atoms with Crippen LogP contribution < -0.4 is 4.74 Å². The number of carbonyl (C=O) groups excluding carboxylic acids is 4. The van der Waals surface area contributed by atoms with Gasteiger partial charge >= 0.3 is 5.97 Å². The molecule has 1 atom stereocenters. The summed E-state index contributed by atoms with van der Waals surface area (Å²) in [7, 11) is 0. The molecule has 0 saturated carbocycles. The second-order valence-electron chi connectivity index (χ2n) is 8.37. The first-order valence-corrected chi connectivity index (χ1v) is 11.5. The van der Waals surface area contributed by atoms with Gasteiger partial charge in [-0.25, -0.2) is 4.79 Å². The molecule has 1 heterocycles. The number of hydrogen-bond donors (Lipinski definition) is 0.